The van der Waals surface area contributed by atoms with Crippen molar-refractivity contribution >= 4 is 11.9 Å². The van der Waals surface area contributed by atoms with Gasteiger partial charge in [-0.2, -0.15) is 0 Å². The molecule has 1 atom stereocenters. The minimum absolute atomic E-state index is 0.230. The van der Waals surface area contributed by atoms with Crippen molar-refractivity contribution in [3.8, 4) is 0 Å². The summed E-state index contributed by atoms with van der Waals surface area (Å²) in [6.07, 6.45) is 3.39. The molecule has 1 aliphatic heterocycles. The predicted molar refractivity (Wildman–Crippen MR) is 110 cm³/mol. The first-order valence-electron chi connectivity index (χ1n) is 10.2. The Hall–Kier alpha value is -2.08. The number of carbonyl (C=O) groups excluding carboxylic acids is 1. The normalized spacial score (nSPS) is 17.2. The lowest BCUT2D eigenvalue weighted by atomic mass is 10.2. The number of guanidine groups is 1. The van der Waals surface area contributed by atoms with Gasteiger partial charge in [-0.3, -0.25) is 9.79 Å². The lowest BCUT2D eigenvalue weighted by molar-refractivity contribution is -0.129. The maximum Gasteiger partial charge on any atom is 0.222 e. The number of rotatable bonds is 10. The van der Waals surface area contributed by atoms with E-state index in [0.717, 1.165) is 64.6 Å². The topological polar surface area (TPSA) is 66.0 Å². The van der Waals surface area contributed by atoms with Crippen molar-refractivity contribution in [2.24, 2.45) is 4.99 Å². The van der Waals surface area contributed by atoms with Gasteiger partial charge in [0.25, 0.3) is 0 Å². The molecule has 1 aromatic rings. The van der Waals surface area contributed by atoms with Crippen LogP contribution in [-0.4, -0.2) is 62.2 Å². The summed E-state index contributed by atoms with van der Waals surface area (Å²) >= 11 is 0. The first-order valence-corrected chi connectivity index (χ1v) is 10.2. The molecule has 27 heavy (non-hydrogen) atoms. The first-order chi connectivity index (χ1) is 13.2. The van der Waals surface area contributed by atoms with Crippen LogP contribution in [-0.2, 0) is 16.0 Å². The Morgan fingerprint density at radius 1 is 1.26 bits per heavy atom. The van der Waals surface area contributed by atoms with E-state index in [1.165, 1.54) is 5.56 Å². The molecule has 1 unspecified atom stereocenters. The smallest absolute Gasteiger partial charge is 0.222 e. The van der Waals surface area contributed by atoms with E-state index in [1.54, 1.807) is 0 Å². The summed E-state index contributed by atoms with van der Waals surface area (Å²) in [5.74, 6) is 1.06. The van der Waals surface area contributed by atoms with Gasteiger partial charge in [0.1, 0.15) is 0 Å². The molecule has 0 radical (unpaired) electrons. The van der Waals surface area contributed by atoms with Gasteiger partial charge in [-0.05, 0) is 31.7 Å². The summed E-state index contributed by atoms with van der Waals surface area (Å²) in [6.45, 7) is 8.59. The Bertz CT molecular complexity index is 577. The second-order valence-corrected chi connectivity index (χ2v) is 6.79. The Morgan fingerprint density at radius 3 is 2.81 bits per heavy atom. The standard InChI is InChI=1S/C21H34N4O2/c1-3-20(26)25-14-11-19(17-25)24-21(22-4-2)23-13-8-15-27-16-12-18-9-6-5-7-10-18/h5-7,9-10,19H,3-4,8,11-17H2,1-2H3,(H2,22,23,24). The fourth-order valence-electron chi connectivity index (χ4n) is 3.14. The zero-order valence-corrected chi connectivity index (χ0v) is 16.7. The van der Waals surface area contributed by atoms with Gasteiger partial charge in [0.2, 0.25) is 5.91 Å². The molecule has 1 fully saturated rings. The van der Waals surface area contributed by atoms with Crippen molar-refractivity contribution in [2.75, 3.05) is 39.4 Å². The molecular formula is C21H34N4O2. The van der Waals surface area contributed by atoms with E-state index < -0.39 is 0 Å². The van der Waals surface area contributed by atoms with E-state index in [0.29, 0.717) is 6.42 Å². The molecule has 0 spiro atoms. The van der Waals surface area contributed by atoms with Crippen molar-refractivity contribution in [1.29, 1.82) is 0 Å². The van der Waals surface area contributed by atoms with Crippen molar-refractivity contribution < 1.29 is 9.53 Å². The number of benzene rings is 1. The van der Waals surface area contributed by atoms with Gasteiger partial charge < -0.3 is 20.3 Å². The molecule has 0 saturated carbocycles. The van der Waals surface area contributed by atoms with Crippen LogP contribution >= 0.6 is 0 Å². The highest BCUT2D eigenvalue weighted by Crippen LogP contribution is 2.10. The molecule has 0 aliphatic carbocycles. The Balaban J connectivity index is 1.62. The summed E-state index contributed by atoms with van der Waals surface area (Å²) in [5, 5.41) is 6.74. The Kier molecular flexibility index (Phi) is 9.69. The van der Waals surface area contributed by atoms with E-state index in [2.05, 4.69) is 46.8 Å². The largest absolute Gasteiger partial charge is 0.381 e. The third-order valence-electron chi connectivity index (χ3n) is 4.62. The van der Waals surface area contributed by atoms with Crippen molar-refractivity contribution in [3.05, 3.63) is 35.9 Å². The van der Waals surface area contributed by atoms with Crippen molar-refractivity contribution in [3.63, 3.8) is 0 Å². The fraction of sp³-hybridized carbons (Fsp3) is 0.619. The van der Waals surface area contributed by atoms with Gasteiger partial charge in [0.15, 0.2) is 5.96 Å². The monoisotopic (exact) mass is 374 g/mol. The average Bonchev–Trinajstić information content (AvgIpc) is 3.16. The Morgan fingerprint density at radius 2 is 2.07 bits per heavy atom. The number of nitrogens with zero attached hydrogens (tertiary/aromatic N) is 2. The molecule has 2 N–H and O–H groups in total. The van der Waals surface area contributed by atoms with E-state index in [-0.39, 0.29) is 11.9 Å². The van der Waals surface area contributed by atoms with Crippen LogP contribution in [0.25, 0.3) is 0 Å². The molecule has 1 saturated heterocycles. The van der Waals surface area contributed by atoms with Gasteiger partial charge in [0.05, 0.1) is 6.61 Å². The van der Waals surface area contributed by atoms with E-state index in [9.17, 15) is 4.79 Å². The maximum absolute atomic E-state index is 11.8. The maximum atomic E-state index is 11.8. The molecule has 2 rings (SSSR count). The second kappa shape index (κ2) is 12.3. The fourth-order valence-corrected chi connectivity index (χ4v) is 3.14. The van der Waals surface area contributed by atoms with Gasteiger partial charge in [0, 0.05) is 45.2 Å². The third kappa shape index (κ3) is 7.99. The highest BCUT2D eigenvalue weighted by molar-refractivity contribution is 5.80. The van der Waals surface area contributed by atoms with E-state index in [1.807, 2.05) is 17.9 Å². The molecule has 6 nitrogen and oxygen atoms in total. The predicted octanol–water partition coefficient (Wildman–Crippen LogP) is 2.20. The second-order valence-electron chi connectivity index (χ2n) is 6.79. The van der Waals surface area contributed by atoms with Crippen LogP contribution in [0.4, 0.5) is 0 Å². The summed E-state index contributed by atoms with van der Waals surface area (Å²) in [6, 6.07) is 10.7. The summed E-state index contributed by atoms with van der Waals surface area (Å²) < 4.78 is 5.71. The molecule has 1 aromatic carbocycles. The van der Waals surface area contributed by atoms with E-state index >= 15 is 0 Å². The van der Waals surface area contributed by atoms with Crippen LogP contribution < -0.4 is 10.6 Å². The van der Waals surface area contributed by atoms with Gasteiger partial charge in [-0.15, -0.1) is 0 Å². The van der Waals surface area contributed by atoms with Crippen LogP contribution in [0.3, 0.4) is 0 Å². The van der Waals surface area contributed by atoms with Crippen molar-refractivity contribution in [1.82, 2.24) is 15.5 Å². The van der Waals surface area contributed by atoms with Crippen LogP contribution in [0.5, 0.6) is 0 Å². The molecule has 0 bridgehead atoms. The zero-order valence-electron chi connectivity index (χ0n) is 16.7. The number of amides is 1. The first kappa shape index (κ1) is 21.2. The Labute approximate surface area is 163 Å². The minimum atomic E-state index is 0.230. The highest BCUT2D eigenvalue weighted by Gasteiger charge is 2.25. The number of hydrogen-bond acceptors (Lipinski definition) is 3. The molecule has 1 aliphatic rings. The lowest BCUT2D eigenvalue weighted by Gasteiger charge is -2.18. The number of carbonyl (C=O) groups is 1. The van der Waals surface area contributed by atoms with Crippen LogP contribution in [0.15, 0.2) is 35.3 Å². The summed E-state index contributed by atoms with van der Waals surface area (Å²) in [7, 11) is 0. The van der Waals surface area contributed by atoms with Gasteiger partial charge >= 0.3 is 0 Å². The number of nitrogens with one attached hydrogen (secondary N) is 2. The van der Waals surface area contributed by atoms with Crippen LogP contribution in [0.1, 0.15) is 38.7 Å². The molecule has 0 aromatic heterocycles. The van der Waals surface area contributed by atoms with Gasteiger partial charge in [-0.1, -0.05) is 37.3 Å². The number of likely N-dealkylation sites (tertiary alicyclic amines) is 1. The van der Waals surface area contributed by atoms with Gasteiger partial charge in [-0.25, -0.2) is 0 Å². The minimum Gasteiger partial charge on any atom is -0.381 e. The molecule has 1 heterocycles. The summed E-state index contributed by atoms with van der Waals surface area (Å²) in [4.78, 5) is 18.4. The number of aliphatic imine (C=N–C) groups is 1. The van der Waals surface area contributed by atoms with Crippen LogP contribution in [0.2, 0.25) is 0 Å². The number of hydrogen-bond donors (Lipinski definition) is 2. The molecule has 6 heteroatoms. The quantitative estimate of drug-likeness (QED) is 0.374. The lowest BCUT2D eigenvalue weighted by Crippen LogP contribution is -2.45. The van der Waals surface area contributed by atoms with Crippen molar-refractivity contribution in [2.45, 2.75) is 45.6 Å². The zero-order chi connectivity index (χ0) is 19.3. The number of ether oxygens (including phenoxy) is 1. The molecule has 150 valence electrons. The highest BCUT2D eigenvalue weighted by atomic mass is 16.5. The molecular weight excluding hydrogens is 340 g/mol. The molecule has 1 amide bonds. The third-order valence-corrected chi connectivity index (χ3v) is 4.62. The van der Waals surface area contributed by atoms with Crippen LogP contribution in [0, 0.1) is 0 Å². The SMILES string of the molecule is CCNC(=NCCCOCCc1ccccc1)NC1CCN(C(=O)CC)C1. The summed E-state index contributed by atoms with van der Waals surface area (Å²) in [5.41, 5.74) is 1.31. The average molecular weight is 375 g/mol. The van der Waals surface area contributed by atoms with E-state index in [4.69, 9.17) is 4.74 Å².